The zero-order valence-electron chi connectivity index (χ0n) is 16.5. The third-order valence-corrected chi connectivity index (χ3v) is 5.46. The number of rotatable bonds is 8. The van der Waals surface area contributed by atoms with Crippen LogP contribution in [0.2, 0.25) is 0 Å². The maximum Gasteiger partial charge on any atom is 0.234 e. The van der Waals surface area contributed by atoms with Gasteiger partial charge < -0.3 is 14.5 Å². The lowest BCUT2D eigenvalue weighted by Crippen LogP contribution is -2.15. The van der Waals surface area contributed by atoms with E-state index in [9.17, 15) is 4.79 Å². The second kappa shape index (κ2) is 8.93. The second-order valence-corrected chi connectivity index (χ2v) is 7.68. The minimum Gasteiger partial charge on any atom is -0.354 e. The lowest BCUT2D eigenvalue weighted by atomic mass is 10.1. The fourth-order valence-electron chi connectivity index (χ4n) is 2.90. The number of benzene rings is 1. The molecule has 7 heteroatoms. The number of amides is 1. The molecule has 0 aliphatic carbocycles. The van der Waals surface area contributed by atoms with E-state index < -0.39 is 0 Å². The number of nitrogens with one attached hydrogen (secondary N) is 1. The van der Waals surface area contributed by atoms with Crippen molar-refractivity contribution in [3.05, 3.63) is 71.8 Å². The summed E-state index contributed by atoms with van der Waals surface area (Å²) in [5, 5.41) is 12.3. The molecule has 1 amide bonds. The van der Waals surface area contributed by atoms with E-state index in [1.807, 2.05) is 62.0 Å². The Bertz CT molecular complexity index is 989. The summed E-state index contributed by atoms with van der Waals surface area (Å²) in [5.74, 6) is 1.07. The van der Waals surface area contributed by atoms with Gasteiger partial charge in [0.05, 0.1) is 5.75 Å². The molecule has 0 bridgehead atoms. The van der Waals surface area contributed by atoms with Gasteiger partial charge in [-0.05, 0) is 43.2 Å². The maximum atomic E-state index is 12.4. The molecule has 0 saturated heterocycles. The van der Waals surface area contributed by atoms with Crippen LogP contribution in [0.5, 0.6) is 0 Å². The summed E-state index contributed by atoms with van der Waals surface area (Å²) >= 11 is 1.38. The Hall–Kier alpha value is -2.80. The normalized spacial score (nSPS) is 10.8. The first kappa shape index (κ1) is 19.9. The molecule has 0 aliphatic rings. The van der Waals surface area contributed by atoms with E-state index in [0.717, 1.165) is 33.5 Å². The first-order chi connectivity index (χ1) is 13.5. The van der Waals surface area contributed by atoms with Crippen molar-refractivity contribution in [1.82, 2.24) is 19.3 Å². The molecule has 0 aliphatic heterocycles. The molecule has 28 heavy (non-hydrogen) atoms. The van der Waals surface area contributed by atoms with E-state index >= 15 is 0 Å². The Kier molecular flexibility index (Phi) is 6.36. The maximum absolute atomic E-state index is 12.4. The molecule has 0 spiro atoms. The number of aromatic nitrogens is 4. The van der Waals surface area contributed by atoms with Crippen molar-refractivity contribution in [1.29, 1.82) is 0 Å². The molecule has 1 aromatic carbocycles. The molecule has 3 aromatic rings. The number of hydrogen-bond donors (Lipinski definition) is 1. The van der Waals surface area contributed by atoms with Crippen LogP contribution < -0.4 is 5.32 Å². The average molecular weight is 396 g/mol. The van der Waals surface area contributed by atoms with Crippen LogP contribution in [-0.4, -0.2) is 31.0 Å². The zero-order chi connectivity index (χ0) is 20.1. The van der Waals surface area contributed by atoms with Gasteiger partial charge >= 0.3 is 0 Å². The number of hydrogen-bond acceptors (Lipinski definition) is 4. The van der Waals surface area contributed by atoms with E-state index in [0.29, 0.717) is 13.0 Å². The highest BCUT2D eigenvalue weighted by molar-refractivity contribution is 7.99. The molecule has 0 saturated carbocycles. The quantitative estimate of drug-likeness (QED) is 0.466. The van der Waals surface area contributed by atoms with Crippen LogP contribution >= 0.6 is 11.8 Å². The van der Waals surface area contributed by atoms with Gasteiger partial charge in [-0.2, -0.15) is 0 Å². The summed E-state index contributed by atoms with van der Waals surface area (Å²) < 4.78 is 4.08. The van der Waals surface area contributed by atoms with Crippen molar-refractivity contribution in [3.63, 3.8) is 0 Å². The first-order valence-electron chi connectivity index (χ1n) is 9.11. The predicted octanol–water partition coefficient (Wildman–Crippen LogP) is 3.74. The van der Waals surface area contributed by atoms with Crippen LogP contribution in [0.1, 0.15) is 22.6 Å². The van der Waals surface area contributed by atoms with E-state index in [-0.39, 0.29) is 11.7 Å². The van der Waals surface area contributed by atoms with Crippen molar-refractivity contribution in [3.8, 4) is 0 Å². The first-order valence-corrected chi connectivity index (χ1v) is 10.1. The van der Waals surface area contributed by atoms with Crippen LogP contribution in [0.25, 0.3) is 0 Å². The van der Waals surface area contributed by atoms with Crippen molar-refractivity contribution in [2.45, 2.75) is 32.0 Å². The summed E-state index contributed by atoms with van der Waals surface area (Å²) in [4.78, 5) is 12.4. The number of aryl methyl sites for hydroxylation is 3. The van der Waals surface area contributed by atoms with Gasteiger partial charge in [0.2, 0.25) is 5.91 Å². The summed E-state index contributed by atoms with van der Waals surface area (Å²) in [7, 11) is 2.01. The Morgan fingerprint density at radius 2 is 2.11 bits per heavy atom. The van der Waals surface area contributed by atoms with E-state index in [1.165, 1.54) is 11.8 Å². The second-order valence-electron chi connectivity index (χ2n) is 6.74. The average Bonchev–Trinajstić information content (AvgIpc) is 3.24. The van der Waals surface area contributed by atoms with Gasteiger partial charge in [0.15, 0.2) is 5.16 Å². The molecule has 1 N–H and O–H groups in total. The topological polar surface area (TPSA) is 64.7 Å². The summed E-state index contributed by atoms with van der Waals surface area (Å²) in [6.07, 6.45) is 4.51. The van der Waals surface area contributed by atoms with Gasteiger partial charge in [0.25, 0.3) is 0 Å². The third kappa shape index (κ3) is 4.72. The molecule has 0 radical (unpaired) electrons. The Labute approximate surface area is 169 Å². The smallest absolute Gasteiger partial charge is 0.234 e. The molecule has 0 unspecified atom stereocenters. The van der Waals surface area contributed by atoms with Crippen molar-refractivity contribution in [2.24, 2.45) is 7.05 Å². The summed E-state index contributed by atoms with van der Waals surface area (Å²) in [5.41, 5.74) is 4.16. The molecule has 0 atom stereocenters. The highest BCUT2D eigenvalue weighted by atomic mass is 32.2. The summed E-state index contributed by atoms with van der Waals surface area (Å²) in [6, 6.07) is 10.1. The van der Waals surface area contributed by atoms with Crippen LogP contribution in [0, 0.1) is 13.8 Å². The van der Waals surface area contributed by atoms with Crippen LogP contribution in [0.15, 0.2) is 54.3 Å². The molecular formula is C21H25N5OS. The number of allylic oxidation sites excluding steroid dienone is 1. The third-order valence-electron chi connectivity index (χ3n) is 4.50. The Morgan fingerprint density at radius 1 is 1.29 bits per heavy atom. The predicted molar refractivity (Wildman–Crippen MR) is 114 cm³/mol. The minimum absolute atomic E-state index is 0.0594. The van der Waals surface area contributed by atoms with E-state index in [2.05, 4.69) is 32.7 Å². The minimum atomic E-state index is -0.0594. The van der Waals surface area contributed by atoms with E-state index in [1.54, 1.807) is 0 Å². The van der Waals surface area contributed by atoms with Crippen LogP contribution in [0.4, 0.5) is 5.69 Å². The van der Waals surface area contributed by atoms with E-state index in [4.69, 9.17) is 0 Å². The van der Waals surface area contributed by atoms with Gasteiger partial charge in [0.1, 0.15) is 5.82 Å². The van der Waals surface area contributed by atoms with Gasteiger partial charge in [-0.3, -0.25) is 4.79 Å². The Balaban J connectivity index is 1.68. The number of carbonyl (C=O) groups is 1. The van der Waals surface area contributed by atoms with Gasteiger partial charge in [-0.1, -0.05) is 30.0 Å². The molecule has 2 aromatic heterocycles. The molecule has 0 fully saturated rings. The molecule has 6 nitrogen and oxygen atoms in total. The lowest BCUT2D eigenvalue weighted by Gasteiger charge is -2.10. The SMILES string of the molecule is C=CCn1c(Cc2cccn2C)nnc1SCC(=O)Nc1cc(C)ccc1C. The standard InChI is InChI=1S/C21H25N5OS/c1-5-10-26-19(13-17-7-6-11-25(17)4)23-24-21(26)28-14-20(27)22-18-12-15(2)8-9-16(18)3/h5-9,11-12H,1,10,13-14H2,2-4H3,(H,22,27). The summed E-state index contributed by atoms with van der Waals surface area (Å²) in [6.45, 7) is 8.43. The fraction of sp³-hybridized carbons (Fsp3) is 0.286. The molecule has 146 valence electrons. The van der Waals surface area contributed by atoms with Crippen LogP contribution in [0.3, 0.4) is 0 Å². The lowest BCUT2D eigenvalue weighted by molar-refractivity contribution is -0.113. The van der Waals surface area contributed by atoms with Crippen molar-refractivity contribution in [2.75, 3.05) is 11.1 Å². The Morgan fingerprint density at radius 3 is 2.82 bits per heavy atom. The number of carbonyl (C=O) groups excluding carboxylic acids is 1. The number of anilines is 1. The number of thioether (sulfide) groups is 1. The zero-order valence-corrected chi connectivity index (χ0v) is 17.3. The van der Waals surface area contributed by atoms with Gasteiger partial charge in [-0.15, -0.1) is 16.8 Å². The largest absolute Gasteiger partial charge is 0.354 e. The molecular weight excluding hydrogens is 370 g/mol. The monoisotopic (exact) mass is 395 g/mol. The van der Waals surface area contributed by atoms with Gasteiger partial charge in [-0.25, -0.2) is 0 Å². The highest BCUT2D eigenvalue weighted by Gasteiger charge is 2.15. The van der Waals surface area contributed by atoms with Crippen molar-refractivity contribution < 1.29 is 4.79 Å². The highest BCUT2D eigenvalue weighted by Crippen LogP contribution is 2.21. The van der Waals surface area contributed by atoms with Gasteiger partial charge in [0, 0.05) is 37.6 Å². The van der Waals surface area contributed by atoms with Crippen LogP contribution in [-0.2, 0) is 24.8 Å². The fourth-order valence-corrected chi connectivity index (χ4v) is 3.66. The molecule has 2 heterocycles. The van der Waals surface area contributed by atoms with Crippen molar-refractivity contribution >= 4 is 23.4 Å². The molecule has 3 rings (SSSR count). The number of nitrogens with zero attached hydrogens (tertiary/aromatic N) is 4.